The molecule has 0 aromatic heterocycles. The van der Waals surface area contributed by atoms with E-state index in [2.05, 4.69) is 9.47 Å². The molecule has 0 amide bonds. The van der Waals surface area contributed by atoms with Gasteiger partial charge in [0.2, 0.25) is 6.29 Å². The third-order valence-corrected chi connectivity index (χ3v) is 1.41. The Morgan fingerprint density at radius 3 is 2.40 bits per heavy atom. The topological polar surface area (TPSA) is 72.8 Å². The highest BCUT2D eigenvalue weighted by atomic mass is 16.6. The van der Waals surface area contributed by atoms with Crippen LogP contribution in [0.2, 0.25) is 0 Å². The summed E-state index contributed by atoms with van der Waals surface area (Å²) in [5.41, 5.74) is 0. The van der Waals surface area contributed by atoms with Gasteiger partial charge in [0, 0.05) is 18.6 Å². The monoisotopic (exact) mass is 216 g/mol. The number of aliphatic hydroxyl groups is 1. The minimum absolute atomic E-state index is 0.305. The van der Waals surface area contributed by atoms with Gasteiger partial charge in [0.05, 0.1) is 6.61 Å². The summed E-state index contributed by atoms with van der Waals surface area (Å²) in [6.45, 7) is 3.84. The molecule has 1 unspecified atom stereocenters. The smallest absolute Gasteiger partial charge is 0.333 e. The Hall–Kier alpha value is -1.36. The van der Waals surface area contributed by atoms with Gasteiger partial charge in [-0.05, 0) is 6.42 Å². The fourth-order valence-electron chi connectivity index (χ4n) is 0.644. The second-order valence-corrected chi connectivity index (χ2v) is 2.80. The van der Waals surface area contributed by atoms with Crippen LogP contribution < -0.4 is 0 Å². The lowest BCUT2D eigenvalue weighted by Crippen LogP contribution is -2.15. The summed E-state index contributed by atoms with van der Waals surface area (Å²) in [4.78, 5) is 21.8. The maximum atomic E-state index is 10.9. The molecule has 0 aliphatic rings. The van der Waals surface area contributed by atoms with Crippen LogP contribution in [0.3, 0.4) is 0 Å². The predicted molar refractivity (Wildman–Crippen MR) is 52.8 cm³/mol. The summed E-state index contributed by atoms with van der Waals surface area (Å²) in [5.74, 6) is -1.36. The molecule has 5 heteroatoms. The fourth-order valence-corrected chi connectivity index (χ4v) is 0.644. The predicted octanol–water partition coefficient (Wildman–Crippen LogP) is 0.767. The summed E-state index contributed by atoms with van der Waals surface area (Å²) in [6, 6.07) is 0. The number of hydrogen-bond acceptors (Lipinski definition) is 5. The number of aliphatic hydroxyl groups excluding tert-OH is 1. The zero-order valence-corrected chi connectivity index (χ0v) is 8.93. The van der Waals surface area contributed by atoms with Gasteiger partial charge >= 0.3 is 11.9 Å². The standard InChI is InChI=1S/C10H16O5/c1-3-7-14-9(12)5-6-10(13)15-8(11)4-2/h5-6,8,11H,3-4,7H2,1-2H3. The van der Waals surface area contributed by atoms with Crippen LogP contribution >= 0.6 is 0 Å². The molecule has 0 aromatic carbocycles. The number of carbonyl (C=O) groups excluding carboxylic acids is 2. The molecule has 0 aromatic rings. The van der Waals surface area contributed by atoms with Crippen molar-refractivity contribution in [2.45, 2.75) is 33.0 Å². The number of carbonyl (C=O) groups is 2. The fraction of sp³-hybridized carbons (Fsp3) is 0.600. The highest BCUT2D eigenvalue weighted by molar-refractivity contribution is 5.91. The van der Waals surface area contributed by atoms with E-state index < -0.39 is 18.2 Å². The van der Waals surface area contributed by atoms with Crippen LogP contribution in [-0.2, 0) is 19.1 Å². The van der Waals surface area contributed by atoms with Crippen molar-refractivity contribution in [2.24, 2.45) is 0 Å². The van der Waals surface area contributed by atoms with Crippen LogP contribution in [0, 0.1) is 0 Å². The molecule has 86 valence electrons. The van der Waals surface area contributed by atoms with Gasteiger partial charge in [0.15, 0.2) is 0 Å². The Morgan fingerprint density at radius 1 is 1.27 bits per heavy atom. The SMILES string of the molecule is CCCOC(=O)C=CC(=O)OC(O)CC. The first-order valence-corrected chi connectivity index (χ1v) is 4.83. The molecule has 0 saturated carbocycles. The molecule has 0 saturated heterocycles. The molecule has 0 aliphatic heterocycles. The van der Waals surface area contributed by atoms with Gasteiger partial charge in [0.1, 0.15) is 0 Å². The summed E-state index contributed by atoms with van der Waals surface area (Å²) in [7, 11) is 0. The molecule has 0 aliphatic carbocycles. The van der Waals surface area contributed by atoms with E-state index in [0.717, 1.165) is 18.6 Å². The number of esters is 2. The summed E-state index contributed by atoms with van der Waals surface area (Å²) < 4.78 is 9.15. The zero-order chi connectivity index (χ0) is 11.7. The van der Waals surface area contributed by atoms with Crippen LogP contribution in [0.4, 0.5) is 0 Å². The van der Waals surface area contributed by atoms with E-state index in [0.29, 0.717) is 13.0 Å². The van der Waals surface area contributed by atoms with Crippen LogP contribution in [-0.4, -0.2) is 29.9 Å². The van der Waals surface area contributed by atoms with E-state index in [1.165, 1.54) is 0 Å². The van der Waals surface area contributed by atoms with Gasteiger partial charge in [0.25, 0.3) is 0 Å². The number of rotatable bonds is 6. The van der Waals surface area contributed by atoms with Crippen LogP contribution in [0.1, 0.15) is 26.7 Å². The van der Waals surface area contributed by atoms with E-state index in [9.17, 15) is 9.59 Å². The van der Waals surface area contributed by atoms with Crippen molar-refractivity contribution in [3.63, 3.8) is 0 Å². The average molecular weight is 216 g/mol. The molecule has 0 rings (SSSR count). The van der Waals surface area contributed by atoms with Crippen molar-refractivity contribution in [3.8, 4) is 0 Å². The Kier molecular flexibility index (Phi) is 7.27. The van der Waals surface area contributed by atoms with Gasteiger partial charge in [-0.15, -0.1) is 0 Å². The molecule has 0 fully saturated rings. The molecule has 0 bridgehead atoms. The molecule has 15 heavy (non-hydrogen) atoms. The first-order chi connectivity index (χ1) is 7.10. The quantitative estimate of drug-likeness (QED) is 0.403. The van der Waals surface area contributed by atoms with Crippen molar-refractivity contribution in [1.29, 1.82) is 0 Å². The van der Waals surface area contributed by atoms with Crippen molar-refractivity contribution < 1.29 is 24.2 Å². The summed E-state index contributed by atoms with van der Waals surface area (Å²) in [6.07, 6.45) is 1.80. The highest BCUT2D eigenvalue weighted by Crippen LogP contribution is 1.94. The third kappa shape index (κ3) is 7.69. The van der Waals surface area contributed by atoms with Gasteiger partial charge < -0.3 is 14.6 Å². The molecule has 5 nitrogen and oxygen atoms in total. The van der Waals surface area contributed by atoms with Gasteiger partial charge in [-0.1, -0.05) is 13.8 Å². The van der Waals surface area contributed by atoms with Crippen molar-refractivity contribution in [1.82, 2.24) is 0 Å². The minimum Gasteiger partial charge on any atom is -0.463 e. The van der Waals surface area contributed by atoms with E-state index in [4.69, 9.17) is 5.11 Å². The lowest BCUT2D eigenvalue weighted by Gasteiger charge is -2.06. The van der Waals surface area contributed by atoms with Gasteiger partial charge in [-0.25, -0.2) is 9.59 Å². The largest absolute Gasteiger partial charge is 0.463 e. The van der Waals surface area contributed by atoms with Crippen molar-refractivity contribution in [3.05, 3.63) is 12.2 Å². The normalized spacial score (nSPS) is 12.5. The van der Waals surface area contributed by atoms with E-state index in [1.807, 2.05) is 6.92 Å². The van der Waals surface area contributed by atoms with Crippen LogP contribution in [0.5, 0.6) is 0 Å². The highest BCUT2D eigenvalue weighted by Gasteiger charge is 2.05. The first kappa shape index (κ1) is 13.6. The van der Waals surface area contributed by atoms with Crippen molar-refractivity contribution in [2.75, 3.05) is 6.61 Å². The molecule has 0 radical (unpaired) electrons. The summed E-state index contributed by atoms with van der Waals surface area (Å²) in [5, 5.41) is 8.94. The maximum absolute atomic E-state index is 10.9. The van der Waals surface area contributed by atoms with Crippen LogP contribution in [0.25, 0.3) is 0 Å². The average Bonchev–Trinajstić information content (AvgIpc) is 2.23. The Balaban J connectivity index is 3.84. The lowest BCUT2D eigenvalue weighted by atomic mass is 10.4. The molecule has 1 N–H and O–H groups in total. The molecular weight excluding hydrogens is 200 g/mol. The Bertz CT molecular complexity index is 234. The molecular formula is C10H16O5. The lowest BCUT2D eigenvalue weighted by molar-refractivity contribution is -0.162. The van der Waals surface area contributed by atoms with Gasteiger partial charge in [-0.2, -0.15) is 0 Å². The third-order valence-electron chi connectivity index (χ3n) is 1.41. The minimum atomic E-state index is -1.13. The Labute approximate surface area is 88.7 Å². The van der Waals surface area contributed by atoms with Gasteiger partial charge in [-0.3, -0.25) is 0 Å². The molecule has 0 heterocycles. The van der Waals surface area contributed by atoms with Crippen molar-refractivity contribution >= 4 is 11.9 Å². The van der Waals surface area contributed by atoms with E-state index >= 15 is 0 Å². The Morgan fingerprint density at radius 2 is 1.87 bits per heavy atom. The molecule has 1 atom stereocenters. The summed E-state index contributed by atoms with van der Waals surface area (Å²) >= 11 is 0. The number of hydrogen-bond donors (Lipinski definition) is 1. The number of ether oxygens (including phenoxy) is 2. The second-order valence-electron chi connectivity index (χ2n) is 2.80. The zero-order valence-electron chi connectivity index (χ0n) is 8.93. The maximum Gasteiger partial charge on any atom is 0.333 e. The van der Waals surface area contributed by atoms with Crippen LogP contribution in [0.15, 0.2) is 12.2 Å². The first-order valence-electron chi connectivity index (χ1n) is 4.83. The van der Waals surface area contributed by atoms with E-state index in [-0.39, 0.29) is 0 Å². The second kappa shape index (κ2) is 7.99. The molecule has 0 spiro atoms. The van der Waals surface area contributed by atoms with E-state index in [1.54, 1.807) is 6.92 Å².